The number of Topliss-reactive ketones (excluding diaryl/α,β-unsaturated/α-hetero) is 1. The van der Waals surface area contributed by atoms with Gasteiger partial charge in [0, 0.05) is 41.4 Å². The van der Waals surface area contributed by atoms with Crippen molar-refractivity contribution >= 4 is 29.2 Å². The number of carbonyl (C=O) groups is 3. The second kappa shape index (κ2) is 7.46. The molecule has 1 aliphatic heterocycles. The number of likely N-dealkylation sites (tertiary alicyclic amines) is 1. The maximum Gasteiger partial charge on any atom is 0.230 e. The molecule has 1 aliphatic rings. The van der Waals surface area contributed by atoms with Crippen LogP contribution in [0.25, 0.3) is 0 Å². The van der Waals surface area contributed by atoms with Gasteiger partial charge in [-0.25, -0.2) is 0 Å². The molecule has 0 radical (unpaired) electrons. The maximum atomic E-state index is 12.6. The van der Waals surface area contributed by atoms with Crippen LogP contribution in [0.4, 0.5) is 0 Å². The predicted molar refractivity (Wildman–Crippen MR) is 99.3 cm³/mol. The summed E-state index contributed by atoms with van der Waals surface area (Å²) in [6.45, 7) is 4.43. The molecule has 1 aromatic heterocycles. The van der Waals surface area contributed by atoms with E-state index < -0.39 is 0 Å². The standard InChI is InChI=1S/C20H21ClN2O3/c1-13-11-17(18(24)12-23-19(25)7-8-20(23)26)14(2)22(13)10-9-15-3-5-16(21)6-4-15/h3-6,11H,7-10,12H2,1-2H3. The zero-order valence-electron chi connectivity index (χ0n) is 14.9. The summed E-state index contributed by atoms with van der Waals surface area (Å²) in [6, 6.07) is 9.56. The lowest BCUT2D eigenvalue weighted by Gasteiger charge is -2.13. The van der Waals surface area contributed by atoms with Crippen LogP contribution in [0.15, 0.2) is 30.3 Å². The van der Waals surface area contributed by atoms with Crippen molar-refractivity contribution in [2.24, 2.45) is 0 Å². The molecule has 6 heteroatoms. The Morgan fingerprint density at radius 2 is 1.69 bits per heavy atom. The Balaban J connectivity index is 1.72. The van der Waals surface area contributed by atoms with Gasteiger partial charge in [-0.1, -0.05) is 23.7 Å². The SMILES string of the molecule is Cc1cc(C(=O)CN2C(=O)CCC2=O)c(C)n1CCc1ccc(Cl)cc1. The van der Waals surface area contributed by atoms with Gasteiger partial charge >= 0.3 is 0 Å². The summed E-state index contributed by atoms with van der Waals surface area (Å²) in [5.41, 5.74) is 3.59. The Morgan fingerprint density at radius 1 is 1.08 bits per heavy atom. The summed E-state index contributed by atoms with van der Waals surface area (Å²) in [6.07, 6.45) is 1.22. The number of hydrogen-bond acceptors (Lipinski definition) is 3. The van der Waals surface area contributed by atoms with Gasteiger partial charge in [-0.05, 0) is 44.0 Å². The van der Waals surface area contributed by atoms with Gasteiger partial charge in [-0.15, -0.1) is 0 Å². The summed E-state index contributed by atoms with van der Waals surface area (Å²) >= 11 is 5.91. The second-order valence-electron chi connectivity index (χ2n) is 6.61. The first-order chi connectivity index (χ1) is 12.4. The van der Waals surface area contributed by atoms with Gasteiger partial charge in [-0.3, -0.25) is 19.3 Å². The highest BCUT2D eigenvalue weighted by atomic mass is 35.5. The maximum absolute atomic E-state index is 12.6. The van der Waals surface area contributed by atoms with E-state index in [1.807, 2.05) is 44.2 Å². The lowest BCUT2D eigenvalue weighted by atomic mass is 10.1. The van der Waals surface area contributed by atoms with E-state index in [4.69, 9.17) is 11.6 Å². The molecule has 136 valence electrons. The van der Waals surface area contributed by atoms with Crippen molar-refractivity contribution in [2.75, 3.05) is 6.54 Å². The van der Waals surface area contributed by atoms with Crippen molar-refractivity contribution < 1.29 is 14.4 Å². The van der Waals surface area contributed by atoms with Gasteiger partial charge in [0.15, 0.2) is 5.78 Å². The molecule has 2 aromatic rings. The van der Waals surface area contributed by atoms with Crippen LogP contribution in [0.2, 0.25) is 5.02 Å². The predicted octanol–water partition coefficient (Wildman–Crippen LogP) is 3.33. The van der Waals surface area contributed by atoms with Crippen LogP contribution in [0.1, 0.15) is 40.2 Å². The first kappa shape index (κ1) is 18.4. The van der Waals surface area contributed by atoms with E-state index in [0.717, 1.165) is 29.3 Å². The molecule has 5 nitrogen and oxygen atoms in total. The normalized spacial score (nSPS) is 14.3. The number of hydrogen-bond donors (Lipinski definition) is 0. The van der Waals surface area contributed by atoms with Gasteiger partial charge in [0.2, 0.25) is 11.8 Å². The third-order valence-corrected chi connectivity index (χ3v) is 5.12. The van der Waals surface area contributed by atoms with Crippen molar-refractivity contribution in [1.82, 2.24) is 9.47 Å². The van der Waals surface area contributed by atoms with Crippen molar-refractivity contribution in [1.29, 1.82) is 0 Å². The molecule has 2 amide bonds. The van der Waals surface area contributed by atoms with E-state index in [0.29, 0.717) is 10.6 Å². The average Bonchev–Trinajstić information content (AvgIpc) is 3.08. The third kappa shape index (κ3) is 3.73. The molecule has 0 aliphatic carbocycles. The smallest absolute Gasteiger partial charge is 0.230 e. The van der Waals surface area contributed by atoms with E-state index in [1.54, 1.807) is 0 Å². The number of rotatable bonds is 6. The highest BCUT2D eigenvalue weighted by molar-refractivity contribution is 6.30. The number of imide groups is 1. The topological polar surface area (TPSA) is 59.4 Å². The number of aromatic nitrogens is 1. The summed E-state index contributed by atoms with van der Waals surface area (Å²) in [5.74, 6) is -0.723. The van der Waals surface area contributed by atoms with E-state index in [9.17, 15) is 14.4 Å². The van der Waals surface area contributed by atoms with Gasteiger partial charge < -0.3 is 4.57 Å². The van der Waals surface area contributed by atoms with Crippen LogP contribution in [0.5, 0.6) is 0 Å². The molecule has 0 spiro atoms. The number of halogens is 1. The minimum atomic E-state index is -0.264. The molecule has 1 saturated heterocycles. The highest BCUT2D eigenvalue weighted by Gasteiger charge is 2.31. The molecule has 1 aromatic carbocycles. The summed E-state index contributed by atoms with van der Waals surface area (Å²) in [4.78, 5) is 37.1. The van der Waals surface area contributed by atoms with Crippen molar-refractivity contribution in [3.63, 3.8) is 0 Å². The lowest BCUT2D eigenvalue weighted by Crippen LogP contribution is -2.34. The van der Waals surface area contributed by atoms with E-state index in [2.05, 4.69) is 4.57 Å². The first-order valence-electron chi connectivity index (χ1n) is 8.64. The molecule has 2 heterocycles. The number of amides is 2. The molecule has 26 heavy (non-hydrogen) atoms. The largest absolute Gasteiger partial charge is 0.348 e. The highest BCUT2D eigenvalue weighted by Crippen LogP contribution is 2.19. The molecule has 0 bridgehead atoms. The summed E-state index contributed by atoms with van der Waals surface area (Å²) in [5, 5.41) is 0.709. The fourth-order valence-corrected chi connectivity index (χ4v) is 3.47. The minimum Gasteiger partial charge on any atom is -0.348 e. The van der Waals surface area contributed by atoms with Crippen LogP contribution in [0, 0.1) is 13.8 Å². The summed E-state index contributed by atoms with van der Waals surface area (Å²) < 4.78 is 2.09. The average molecular weight is 373 g/mol. The molecule has 0 N–H and O–H groups in total. The number of nitrogens with zero attached hydrogens (tertiary/aromatic N) is 2. The van der Waals surface area contributed by atoms with E-state index >= 15 is 0 Å². The Labute approximate surface area is 157 Å². The molecule has 0 saturated carbocycles. The van der Waals surface area contributed by atoms with Crippen molar-refractivity contribution in [2.45, 2.75) is 39.7 Å². The Hall–Kier alpha value is -2.40. The fraction of sp³-hybridized carbons (Fsp3) is 0.350. The molecule has 1 fully saturated rings. The van der Waals surface area contributed by atoms with Gasteiger partial charge in [0.25, 0.3) is 0 Å². The van der Waals surface area contributed by atoms with Crippen molar-refractivity contribution in [3.05, 3.63) is 57.9 Å². The molecule has 0 unspecified atom stereocenters. The number of ketones is 1. The van der Waals surface area contributed by atoms with Crippen molar-refractivity contribution in [3.8, 4) is 0 Å². The van der Waals surface area contributed by atoms with Crippen LogP contribution in [0.3, 0.4) is 0 Å². The van der Waals surface area contributed by atoms with Crippen LogP contribution >= 0.6 is 11.6 Å². The monoisotopic (exact) mass is 372 g/mol. The van der Waals surface area contributed by atoms with Crippen LogP contribution in [-0.4, -0.2) is 33.6 Å². The van der Waals surface area contributed by atoms with Gasteiger partial charge in [-0.2, -0.15) is 0 Å². The Morgan fingerprint density at radius 3 is 2.31 bits per heavy atom. The number of benzene rings is 1. The van der Waals surface area contributed by atoms with E-state index in [1.165, 1.54) is 5.56 Å². The molecule has 3 rings (SSSR count). The zero-order valence-corrected chi connectivity index (χ0v) is 15.7. The van der Waals surface area contributed by atoms with Gasteiger partial charge in [0.05, 0.1) is 6.54 Å². The quantitative estimate of drug-likeness (QED) is 0.577. The Kier molecular flexibility index (Phi) is 5.28. The molecule has 0 atom stereocenters. The fourth-order valence-electron chi connectivity index (χ4n) is 3.35. The number of carbonyl (C=O) groups excluding carboxylic acids is 3. The lowest BCUT2D eigenvalue weighted by molar-refractivity contribution is -0.137. The zero-order chi connectivity index (χ0) is 18.8. The van der Waals surface area contributed by atoms with Crippen LogP contribution < -0.4 is 0 Å². The first-order valence-corrected chi connectivity index (χ1v) is 9.02. The minimum absolute atomic E-state index is 0.168. The molecular weight excluding hydrogens is 352 g/mol. The number of aryl methyl sites for hydroxylation is 2. The molecular formula is C20H21ClN2O3. The second-order valence-corrected chi connectivity index (χ2v) is 7.05. The summed E-state index contributed by atoms with van der Waals surface area (Å²) in [7, 11) is 0. The van der Waals surface area contributed by atoms with Crippen LogP contribution in [-0.2, 0) is 22.6 Å². The van der Waals surface area contributed by atoms with E-state index in [-0.39, 0.29) is 37.0 Å². The Bertz CT molecular complexity index is 852. The van der Waals surface area contributed by atoms with Gasteiger partial charge in [0.1, 0.15) is 0 Å². The third-order valence-electron chi connectivity index (χ3n) is 4.87.